The van der Waals surface area contributed by atoms with E-state index in [0.717, 1.165) is 0 Å². The molecule has 3 N–H and O–H groups in total. The molecule has 0 atom stereocenters. The maximum atomic E-state index is 13.3. The molecule has 3 aromatic carbocycles. The van der Waals surface area contributed by atoms with Gasteiger partial charge in [-0.25, -0.2) is 8.78 Å². The molecular formula is C29H29BClF2N3O4. The van der Waals surface area contributed by atoms with Crippen LogP contribution in [0.1, 0.15) is 52.6 Å². The highest BCUT2D eigenvalue weighted by Gasteiger charge is 2.23. The Labute approximate surface area is 238 Å². The van der Waals surface area contributed by atoms with Gasteiger partial charge >= 0.3 is 0 Å². The quantitative estimate of drug-likeness (QED) is 0.308. The number of nitrogens with one attached hydrogen (secondary N) is 3. The Hall–Kier alpha value is -3.92. The van der Waals surface area contributed by atoms with Crippen LogP contribution in [0.15, 0.2) is 54.6 Å². The third-order valence-electron chi connectivity index (χ3n) is 5.79. The van der Waals surface area contributed by atoms with Crippen molar-refractivity contribution in [1.29, 1.82) is 0 Å². The van der Waals surface area contributed by atoms with Crippen LogP contribution in [0.4, 0.5) is 20.2 Å². The van der Waals surface area contributed by atoms with Gasteiger partial charge in [-0.2, -0.15) is 0 Å². The smallest absolute Gasteiger partial charge is 0.272 e. The average molecular weight is 568 g/mol. The first-order valence-corrected chi connectivity index (χ1v) is 12.7. The fourth-order valence-electron chi connectivity index (χ4n) is 3.59. The van der Waals surface area contributed by atoms with Gasteiger partial charge in [-0.1, -0.05) is 62.1 Å². The molecule has 3 rings (SSSR count). The summed E-state index contributed by atoms with van der Waals surface area (Å²) in [5.41, 5.74) is 1.79. The molecule has 0 aromatic heterocycles. The number of rotatable bonds is 9. The number of hydrogen-bond donors (Lipinski definition) is 3. The molecule has 0 fully saturated rings. The van der Waals surface area contributed by atoms with Gasteiger partial charge in [0, 0.05) is 23.3 Å². The maximum Gasteiger partial charge on any atom is 0.272 e. The molecule has 0 heterocycles. The zero-order valence-corrected chi connectivity index (χ0v) is 23.3. The molecule has 7 nitrogen and oxygen atoms in total. The van der Waals surface area contributed by atoms with E-state index in [1.165, 1.54) is 18.2 Å². The van der Waals surface area contributed by atoms with E-state index in [1.54, 1.807) is 64.1 Å². The molecule has 3 aromatic rings. The summed E-state index contributed by atoms with van der Waals surface area (Å²) >= 11 is 6.58. The predicted octanol–water partition coefficient (Wildman–Crippen LogP) is 5.25. The minimum absolute atomic E-state index is 0.0725. The zero-order valence-electron chi connectivity index (χ0n) is 22.5. The highest BCUT2D eigenvalue weighted by atomic mass is 35.5. The molecule has 11 heteroatoms. The molecule has 0 aliphatic carbocycles. The first kappa shape index (κ1) is 30.6. The van der Waals surface area contributed by atoms with Gasteiger partial charge in [0.25, 0.3) is 18.2 Å². The molecule has 0 saturated heterocycles. The summed E-state index contributed by atoms with van der Waals surface area (Å²) in [6, 6.07) is 13.9. The van der Waals surface area contributed by atoms with E-state index < -0.39 is 30.3 Å². The molecule has 40 heavy (non-hydrogen) atoms. The number of halogens is 3. The molecule has 0 unspecified atom stereocenters. The third kappa shape index (κ3) is 8.05. The van der Waals surface area contributed by atoms with Gasteiger partial charge in [-0.3, -0.25) is 14.4 Å². The number of aryl methyl sites for hydroxylation is 1. The van der Waals surface area contributed by atoms with Crippen LogP contribution in [0.5, 0.6) is 5.75 Å². The molecule has 2 radical (unpaired) electrons. The van der Waals surface area contributed by atoms with E-state index in [1.807, 2.05) is 0 Å². The maximum absolute atomic E-state index is 13.3. The van der Waals surface area contributed by atoms with E-state index in [9.17, 15) is 23.2 Å². The van der Waals surface area contributed by atoms with Gasteiger partial charge in [0.1, 0.15) is 20.2 Å². The Morgan fingerprint density at radius 1 is 0.950 bits per heavy atom. The van der Waals surface area contributed by atoms with Crippen molar-refractivity contribution in [3.05, 3.63) is 81.9 Å². The van der Waals surface area contributed by atoms with Gasteiger partial charge in [-0.05, 0) is 48.4 Å². The molecule has 0 aliphatic heterocycles. The first-order chi connectivity index (χ1) is 18.8. The molecule has 0 bridgehead atoms. The lowest BCUT2D eigenvalue weighted by molar-refractivity contribution is -0.128. The topological polar surface area (TPSA) is 96.5 Å². The fraction of sp³-hybridized carbons (Fsp3) is 0.276. The summed E-state index contributed by atoms with van der Waals surface area (Å²) in [7, 11) is 5.68. The van der Waals surface area contributed by atoms with Crippen molar-refractivity contribution in [3.8, 4) is 5.75 Å². The zero-order chi connectivity index (χ0) is 29.6. The van der Waals surface area contributed by atoms with Crippen LogP contribution in [-0.4, -0.2) is 38.6 Å². The van der Waals surface area contributed by atoms with E-state index in [4.69, 9.17) is 24.2 Å². The first-order valence-electron chi connectivity index (χ1n) is 12.4. The number of anilines is 2. The lowest BCUT2D eigenvalue weighted by Crippen LogP contribution is -2.34. The normalized spacial score (nSPS) is 11.2. The van der Waals surface area contributed by atoms with Crippen LogP contribution in [-0.2, 0) is 11.3 Å². The largest absolute Gasteiger partial charge is 0.487 e. The molecule has 0 spiro atoms. The van der Waals surface area contributed by atoms with Crippen molar-refractivity contribution < 1.29 is 27.9 Å². The summed E-state index contributed by atoms with van der Waals surface area (Å²) in [6.07, 6.45) is -2.75. The van der Waals surface area contributed by atoms with Crippen LogP contribution < -0.4 is 26.2 Å². The Morgan fingerprint density at radius 3 is 2.20 bits per heavy atom. The molecule has 208 valence electrons. The number of alkyl halides is 2. The standard InChI is InChI=1S/C29H29BClF2N3O4/c1-16-5-6-17(14-34-28(39)29(2,3)4)25(31)24(16)27(38)36-20-11-12-22(40-15-23(32)33)21(13-20)26(37)35-19-9-7-18(30)8-10-19/h5-13,23H,14-15H2,1-4H3,(H,34,39)(H,35,37)(H,36,38). The van der Waals surface area contributed by atoms with Crippen LogP contribution in [0, 0.1) is 12.3 Å². The Balaban J connectivity index is 1.87. The number of carbonyl (C=O) groups excluding carboxylic acids is 3. The van der Waals surface area contributed by atoms with E-state index in [-0.39, 0.29) is 40.0 Å². The lowest BCUT2D eigenvalue weighted by Gasteiger charge is -2.19. The van der Waals surface area contributed by atoms with Gasteiger partial charge in [-0.15, -0.1) is 0 Å². The summed E-state index contributed by atoms with van der Waals surface area (Å²) in [6.45, 7) is 6.28. The van der Waals surface area contributed by atoms with Crippen molar-refractivity contribution in [1.82, 2.24) is 5.32 Å². The monoisotopic (exact) mass is 567 g/mol. The summed E-state index contributed by atoms with van der Waals surface area (Å²) in [4.78, 5) is 38.6. The van der Waals surface area contributed by atoms with Crippen molar-refractivity contribution in [2.24, 2.45) is 5.41 Å². The van der Waals surface area contributed by atoms with Crippen LogP contribution in [0.25, 0.3) is 0 Å². The second kappa shape index (κ2) is 13.0. The average Bonchev–Trinajstić information content (AvgIpc) is 2.88. The Morgan fingerprint density at radius 2 is 1.57 bits per heavy atom. The number of benzene rings is 3. The highest BCUT2D eigenvalue weighted by molar-refractivity contribution is 6.35. The molecular weight excluding hydrogens is 539 g/mol. The molecule has 3 amide bonds. The summed E-state index contributed by atoms with van der Waals surface area (Å²) in [5, 5.41) is 8.34. The SMILES string of the molecule is [B]c1ccc(NC(=O)c2cc(NC(=O)c3c(C)ccc(CNC(=O)C(C)(C)C)c3Cl)ccc2OCC(F)F)cc1. The van der Waals surface area contributed by atoms with Gasteiger partial charge in [0.2, 0.25) is 5.91 Å². The summed E-state index contributed by atoms with van der Waals surface area (Å²) < 4.78 is 30.8. The van der Waals surface area contributed by atoms with Crippen LogP contribution in [0.3, 0.4) is 0 Å². The second-order valence-electron chi connectivity index (χ2n) is 10.1. The minimum atomic E-state index is -2.75. The number of amides is 3. The van der Waals surface area contributed by atoms with Gasteiger partial charge < -0.3 is 20.7 Å². The van der Waals surface area contributed by atoms with E-state index in [2.05, 4.69) is 16.0 Å². The Bertz CT molecular complexity index is 1410. The van der Waals surface area contributed by atoms with E-state index in [0.29, 0.717) is 22.3 Å². The van der Waals surface area contributed by atoms with Crippen molar-refractivity contribution in [2.75, 3.05) is 17.2 Å². The number of ether oxygens (including phenoxy) is 1. The van der Waals surface area contributed by atoms with Crippen molar-refractivity contribution in [3.63, 3.8) is 0 Å². The minimum Gasteiger partial charge on any atom is -0.487 e. The molecule has 0 aliphatic rings. The van der Waals surface area contributed by atoms with Crippen LogP contribution in [0.2, 0.25) is 5.02 Å². The Kier molecular flexibility index (Phi) is 9.92. The number of carbonyl (C=O) groups is 3. The van der Waals surface area contributed by atoms with Crippen molar-refractivity contribution in [2.45, 2.75) is 40.7 Å². The van der Waals surface area contributed by atoms with Crippen LogP contribution >= 0.6 is 11.6 Å². The predicted molar refractivity (Wildman–Crippen MR) is 153 cm³/mol. The summed E-state index contributed by atoms with van der Waals surface area (Å²) in [5.74, 6) is -1.46. The second-order valence-corrected chi connectivity index (χ2v) is 10.5. The third-order valence-corrected chi connectivity index (χ3v) is 6.23. The van der Waals surface area contributed by atoms with E-state index >= 15 is 0 Å². The van der Waals surface area contributed by atoms with Gasteiger partial charge in [0.05, 0.1) is 16.1 Å². The molecule has 0 saturated carbocycles. The fourth-order valence-corrected chi connectivity index (χ4v) is 3.96. The highest BCUT2D eigenvalue weighted by Crippen LogP contribution is 2.28. The number of hydrogen-bond acceptors (Lipinski definition) is 4. The van der Waals surface area contributed by atoms with Crippen molar-refractivity contribution >= 4 is 54.0 Å². The van der Waals surface area contributed by atoms with Gasteiger partial charge in [0.15, 0.2) is 0 Å². The lowest BCUT2D eigenvalue weighted by atomic mass is 9.95.